The molecule has 0 aliphatic carbocycles. The number of ether oxygens (including phenoxy) is 1. The van der Waals surface area contributed by atoms with Gasteiger partial charge in [-0.1, -0.05) is 0 Å². The van der Waals surface area contributed by atoms with E-state index < -0.39 is 0 Å². The predicted molar refractivity (Wildman–Crippen MR) is 77.9 cm³/mol. The van der Waals surface area contributed by atoms with E-state index in [4.69, 9.17) is 4.74 Å². The van der Waals surface area contributed by atoms with Gasteiger partial charge in [0.1, 0.15) is 0 Å². The molecule has 0 radical (unpaired) electrons. The van der Waals surface area contributed by atoms with Gasteiger partial charge in [-0.25, -0.2) is 0 Å². The third-order valence-electron chi connectivity index (χ3n) is 3.18. The maximum atomic E-state index is 11.3. The van der Waals surface area contributed by atoms with Gasteiger partial charge >= 0.3 is 5.97 Å². The van der Waals surface area contributed by atoms with Crippen LogP contribution in [0.1, 0.15) is 30.2 Å². The lowest BCUT2D eigenvalue weighted by atomic mass is 10.1. The zero-order valence-electron chi connectivity index (χ0n) is 12.9. The normalized spacial score (nSPS) is 10.7. The number of carbonyl (C=O) groups is 1. The smallest absolute Gasteiger partial charge is 0.307 e. The maximum Gasteiger partial charge on any atom is 0.307 e. The van der Waals surface area contributed by atoms with Crippen molar-refractivity contribution in [1.29, 1.82) is 0 Å². The third kappa shape index (κ3) is 4.78. The van der Waals surface area contributed by atoms with Crippen molar-refractivity contribution in [3.8, 4) is 0 Å². The number of aryl methyl sites for hydroxylation is 1. The Kier molecular flexibility index (Phi) is 6.23. The Balaban J connectivity index is 2.73. The summed E-state index contributed by atoms with van der Waals surface area (Å²) in [5.41, 5.74) is 1.89. The molecule has 0 spiro atoms. The second kappa shape index (κ2) is 7.68. The van der Waals surface area contributed by atoms with Crippen LogP contribution in [0.15, 0.2) is 6.20 Å². The van der Waals surface area contributed by atoms with E-state index in [1.165, 1.54) is 6.20 Å². The molecule has 1 aromatic heterocycles. The molecule has 1 heterocycles. The van der Waals surface area contributed by atoms with Gasteiger partial charge in [0.25, 0.3) is 5.69 Å². The van der Waals surface area contributed by atoms with Crippen molar-refractivity contribution >= 4 is 11.7 Å². The van der Waals surface area contributed by atoms with E-state index in [0.717, 1.165) is 0 Å². The number of carbonyl (C=O) groups excluding carboxylic acids is 1. The van der Waals surface area contributed by atoms with Crippen LogP contribution in [-0.2, 0) is 16.1 Å². The molecule has 21 heavy (non-hydrogen) atoms. The highest BCUT2D eigenvalue weighted by molar-refractivity contribution is 5.69. The molecule has 1 aromatic rings. The van der Waals surface area contributed by atoms with Crippen LogP contribution in [0, 0.1) is 24.0 Å². The average molecular weight is 295 g/mol. The standard InChI is InChI=1S/C14H21N3O4/c1-5-21-13(18)6-7-16(4)9-12-11(3)14(17(19)20)10(2)8-15-12/h8H,5-7,9H2,1-4H3. The number of nitro groups is 1. The first-order valence-corrected chi connectivity index (χ1v) is 6.80. The molecule has 0 aliphatic heterocycles. The molecule has 1 rings (SSSR count). The Morgan fingerprint density at radius 2 is 2.14 bits per heavy atom. The summed E-state index contributed by atoms with van der Waals surface area (Å²) in [5.74, 6) is -0.246. The molecule has 0 N–H and O–H groups in total. The summed E-state index contributed by atoms with van der Waals surface area (Å²) >= 11 is 0. The quantitative estimate of drug-likeness (QED) is 0.434. The van der Waals surface area contributed by atoms with Crippen molar-refractivity contribution in [2.75, 3.05) is 20.2 Å². The Hall–Kier alpha value is -2.02. The number of hydrogen-bond acceptors (Lipinski definition) is 6. The highest BCUT2D eigenvalue weighted by Crippen LogP contribution is 2.24. The first kappa shape index (κ1) is 17.0. The van der Waals surface area contributed by atoms with Gasteiger partial charge in [-0.3, -0.25) is 24.8 Å². The first-order chi connectivity index (χ1) is 9.86. The van der Waals surface area contributed by atoms with E-state index in [2.05, 4.69) is 4.98 Å². The number of pyridine rings is 1. The summed E-state index contributed by atoms with van der Waals surface area (Å²) in [5, 5.41) is 11.1. The fraction of sp³-hybridized carbons (Fsp3) is 0.571. The molecule has 7 nitrogen and oxygen atoms in total. The van der Waals surface area contributed by atoms with Crippen LogP contribution < -0.4 is 0 Å². The molecule has 0 unspecified atom stereocenters. The van der Waals surface area contributed by atoms with Crippen LogP contribution in [0.2, 0.25) is 0 Å². The lowest BCUT2D eigenvalue weighted by molar-refractivity contribution is -0.386. The Labute approximate surface area is 124 Å². The van der Waals surface area contributed by atoms with Crippen LogP contribution in [0.4, 0.5) is 5.69 Å². The summed E-state index contributed by atoms with van der Waals surface area (Å²) in [6.07, 6.45) is 1.80. The molecular weight excluding hydrogens is 274 g/mol. The SMILES string of the molecule is CCOC(=O)CCN(C)Cc1ncc(C)c([N+](=O)[O-])c1C. The summed E-state index contributed by atoms with van der Waals surface area (Å²) in [7, 11) is 1.84. The summed E-state index contributed by atoms with van der Waals surface area (Å²) in [6.45, 7) is 6.47. The van der Waals surface area contributed by atoms with Crippen molar-refractivity contribution in [1.82, 2.24) is 9.88 Å². The molecule has 0 saturated carbocycles. The fourth-order valence-corrected chi connectivity index (χ4v) is 2.06. The molecule has 0 atom stereocenters. The Morgan fingerprint density at radius 1 is 1.48 bits per heavy atom. The van der Waals surface area contributed by atoms with Gasteiger partial charge in [0.05, 0.1) is 23.6 Å². The average Bonchev–Trinajstić information content (AvgIpc) is 2.40. The number of hydrogen-bond donors (Lipinski definition) is 0. The van der Waals surface area contributed by atoms with Gasteiger partial charge in [0, 0.05) is 30.4 Å². The van der Waals surface area contributed by atoms with Crippen LogP contribution in [0.3, 0.4) is 0 Å². The second-order valence-corrected chi connectivity index (χ2v) is 4.91. The Morgan fingerprint density at radius 3 is 2.71 bits per heavy atom. The van der Waals surface area contributed by atoms with E-state index in [1.807, 2.05) is 11.9 Å². The number of rotatable bonds is 7. The summed E-state index contributed by atoms with van der Waals surface area (Å²) in [6, 6.07) is 0. The minimum atomic E-state index is -0.380. The second-order valence-electron chi connectivity index (χ2n) is 4.91. The first-order valence-electron chi connectivity index (χ1n) is 6.80. The minimum absolute atomic E-state index is 0.110. The van der Waals surface area contributed by atoms with E-state index in [1.54, 1.807) is 20.8 Å². The van der Waals surface area contributed by atoms with Gasteiger partial charge in [-0.05, 0) is 27.8 Å². The highest BCUT2D eigenvalue weighted by Gasteiger charge is 2.19. The maximum absolute atomic E-state index is 11.3. The highest BCUT2D eigenvalue weighted by atomic mass is 16.6. The molecule has 0 aromatic carbocycles. The number of nitrogens with zero attached hydrogens (tertiary/aromatic N) is 3. The molecule has 116 valence electrons. The van der Waals surface area contributed by atoms with E-state index in [9.17, 15) is 14.9 Å². The zero-order chi connectivity index (χ0) is 16.0. The zero-order valence-corrected chi connectivity index (χ0v) is 12.9. The van der Waals surface area contributed by atoms with Gasteiger partial charge in [0.2, 0.25) is 0 Å². The van der Waals surface area contributed by atoms with Crippen LogP contribution in [-0.4, -0.2) is 41.0 Å². The lowest BCUT2D eigenvalue weighted by Gasteiger charge is -2.17. The molecule has 7 heteroatoms. The van der Waals surface area contributed by atoms with Crippen LogP contribution in [0.25, 0.3) is 0 Å². The van der Waals surface area contributed by atoms with E-state index in [0.29, 0.717) is 36.5 Å². The van der Waals surface area contributed by atoms with Gasteiger partial charge < -0.3 is 4.74 Å². The lowest BCUT2D eigenvalue weighted by Crippen LogP contribution is -2.23. The number of esters is 1. The fourth-order valence-electron chi connectivity index (χ4n) is 2.06. The monoisotopic (exact) mass is 295 g/mol. The minimum Gasteiger partial charge on any atom is -0.466 e. The van der Waals surface area contributed by atoms with Crippen molar-refractivity contribution in [2.45, 2.75) is 33.7 Å². The van der Waals surface area contributed by atoms with Gasteiger partial charge in [-0.15, -0.1) is 0 Å². The van der Waals surface area contributed by atoms with Crippen molar-refractivity contribution in [2.24, 2.45) is 0 Å². The van der Waals surface area contributed by atoms with Crippen molar-refractivity contribution < 1.29 is 14.5 Å². The molecule has 0 bridgehead atoms. The van der Waals surface area contributed by atoms with Gasteiger partial charge in [-0.2, -0.15) is 0 Å². The van der Waals surface area contributed by atoms with Crippen molar-refractivity contribution in [3.05, 3.63) is 33.1 Å². The van der Waals surface area contributed by atoms with Crippen molar-refractivity contribution in [3.63, 3.8) is 0 Å². The summed E-state index contributed by atoms with van der Waals surface area (Å²) in [4.78, 5) is 28.1. The van der Waals surface area contributed by atoms with E-state index in [-0.39, 0.29) is 23.0 Å². The van der Waals surface area contributed by atoms with Crippen LogP contribution in [0.5, 0.6) is 0 Å². The molecule has 0 saturated heterocycles. The molecule has 0 aliphatic rings. The molecular formula is C14H21N3O4. The van der Waals surface area contributed by atoms with Gasteiger partial charge in [0.15, 0.2) is 0 Å². The van der Waals surface area contributed by atoms with Crippen LogP contribution >= 0.6 is 0 Å². The molecule has 0 amide bonds. The number of aromatic nitrogens is 1. The topological polar surface area (TPSA) is 85.6 Å². The molecule has 0 fully saturated rings. The summed E-state index contributed by atoms with van der Waals surface area (Å²) < 4.78 is 4.86. The predicted octanol–water partition coefficient (Wildman–Crippen LogP) is 1.99. The van der Waals surface area contributed by atoms with E-state index >= 15 is 0 Å². The third-order valence-corrected chi connectivity index (χ3v) is 3.18. The Bertz CT molecular complexity index is 531. The largest absolute Gasteiger partial charge is 0.466 e.